The Morgan fingerprint density at radius 3 is 2.79 bits per heavy atom. The normalized spacial score (nSPS) is 16.4. The monoisotopic (exact) mass is 274 g/mol. The van der Waals surface area contributed by atoms with Gasteiger partial charge in [0.05, 0.1) is 13.3 Å². The van der Waals surface area contributed by atoms with E-state index in [4.69, 9.17) is 4.74 Å². The van der Waals surface area contributed by atoms with Crippen molar-refractivity contribution in [2.75, 3.05) is 25.5 Å². The van der Waals surface area contributed by atoms with Crippen LogP contribution in [0, 0.1) is 0 Å². The smallest absolute Gasteiger partial charge is 0.387 e. The van der Waals surface area contributed by atoms with Crippen molar-refractivity contribution in [3.05, 3.63) is 6.20 Å². The summed E-state index contributed by atoms with van der Waals surface area (Å²) < 4.78 is 33.5. The van der Waals surface area contributed by atoms with E-state index in [-0.39, 0.29) is 17.7 Å². The predicted molar refractivity (Wildman–Crippen MR) is 64.7 cm³/mol. The highest BCUT2D eigenvalue weighted by atomic mass is 19.3. The van der Waals surface area contributed by atoms with E-state index in [1.54, 1.807) is 0 Å². The zero-order valence-electron chi connectivity index (χ0n) is 10.5. The predicted octanol–water partition coefficient (Wildman–Crippen LogP) is 1.25. The molecule has 0 aliphatic carbocycles. The van der Waals surface area contributed by atoms with Gasteiger partial charge < -0.3 is 20.1 Å². The average molecular weight is 274 g/mol. The number of nitrogens with one attached hydrogen (secondary N) is 2. The Bertz CT molecular complexity index is 414. The Hall–Kier alpha value is -1.70. The summed E-state index contributed by atoms with van der Waals surface area (Å²) in [5, 5.41) is 6.40. The largest absolute Gasteiger partial charge is 0.478 e. The Labute approximate surface area is 109 Å². The van der Waals surface area contributed by atoms with Crippen LogP contribution in [0.2, 0.25) is 0 Å². The molecule has 0 aromatic carbocycles. The van der Waals surface area contributed by atoms with E-state index in [2.05, 4.69) is 25.3 Å². The molecule has 0 bridgehead atoms. The lowest BCUT2D eigenvalue weighted by molar-refractivity contribution is -0.0518. The first-order chi connectivity index (χ1) is 9.19. The van der Waals surface area contributed by atoms with E-state index in [9.17, 15) is 8.78 Å². The first-order valence-electron chi connectivity index (χ1n) is 6.02. The Morgan fingerprint density at radius 1 is 1.42 bits per heavy atom. The second-order valence-corrected chi connectivity index (χ2v) is 4.11. The zero-order valence-corrected chi connectivity index (χ0v) is 10.5. The van der Waals surface area contributed by atoms with Crippen LogP contribution < -0.4 is 20.1 Å². The topological polar surface area (TPSA) is 68.3 Å². The lowest BCUT2D eigenvalue weighted by Gasteiger charge is -2.23. The fourth-order valence-electron chi connectivity index (χ4n) is 1.90. The van der Waals surface area contributed by atoms with Crippen LogP contribution in [0.15, 0.2) is 6.20 Å². The second kappa shape index (κ2) is 6.46. The number of ether oxygens (including phenoxy) is 2. The highest BCUT2D eigenvalue weighted by molar-refractivity contribution is 5.38. The van der Waals surface area contributed by atoms with Crippen LogP contribution in [0.4, 0.5) is 14.7 Å². The summed E-state index contributed by atoms with van der Waals surface area (Å²) in [6, 6.07) is 0.271. The lowest BCUT2D eigenvalue weighted by Crippen LogP contribution is -2.35. The Balaban J connectivity index is 2.05. The van der Waals surface area contributed by atoms with Gasteiger partial charge in [-0.3, -0.25) is 0 Å². The highest BCUT2D eigenvalue weighted by Gasteiger charge is 2.17. The van der Waals surface area contributed by atoms with Crippen molar-refractivity contribution in [1.29, 1.82) is 0 Å². The van der Waals surface area contributed by atoms with Gasteiger partial charge in [0.25, 0.3) is 5.88 Å². The lowest BCUT2D eigenvalue weighted by atomic mass is 10.1. The molecule has 1 aromatic rings. The maximum absolute atomic E-state index is 12.2. The van der Waals surface area contributed by atoms with Gasteiger partial charge in [-0.2, -0.15) is 13.8 Å². The molecule has 6 nitrogen and oxygen atoms in total. The summed E-state index contributed by atoms with van der Waals surface area (Å²) in [5.74, 6) is 0.172. The number of rotatable bonds is 5. The molecule has 8 heteroatoms. The second-order valence-electron chi connectivity index (χ2n) is 4.11. The fraction of sp³-hybridized carbons (Fsp3) is 0.636. The van der Waals surface area contributed by atoms with Crippen LogP contribution in [0.5, 0.6) is 11.6 Å². The Kier molecular flexibility index (Phi) is 4.67. The van der Waals surface area contributed by atoms with Crippen LogP contribution in [0.25, 0.3) is 0 Å². The molecule has 106 valence electrons. The molecule has 1 aliphatic heterocycles. The molecule has 0 atom stereocenters. The van der Waals surface area contributed by atoms with Crippen molar-refractivity contribution < 1.29 is 18.3 Å². The summed E-state index contributed by atoms with van der Waals surface area (Å²) in [5.41, 5.74) is 0. The molecule has 0 spiro atoms. The minimum absolute atomic E-state index is 0.00765. The van der Waals surface area contributed by atoms with Crippen molar-refractivity contribution in [3.63, 3.8) is 0 Å². The SMILES string of the molecule is COc1nc(NC2CCNCC2)ncc1OC(F)F. The molecule has 2 heterocycles. The Morgan fingerprint density at radius 2 is 2.16 bits per heavy atom. The number of alkyl halides is 2. The highest BCUT2D eigenvalue weighted by Crippen LogP contribution is 2.26. The van der Waals surface area contributed by atoms with E-state index in [0.717, 1.165) is 25.9 Å². The summed E-state index contributed by atoms with van der Waals surface area (Å²) in [6.07, 6.45) is 3.10. The molecule has 0 radical (unpaired) electrons. The van der Waals surface area contributed by atoms with Crippen LogP contribution >= 0.6 is 0 Å². The van der Waals surface area contributed by atoms with E-state index >= 15 is 0 Å². The van der Waals surface area contributed by atoms with Crippen LogP contribution in [-0.2, 0) is 0 Å². The first kappa shape index (κ1) is 13.7. The molecular formula is C11H16F2N4O2. The number of halogens is 2. The van der Waals surface area contributed by atoms with E-state index in [0.29, 0.717) is 5.95 Å². The third kappa shape index (κ3) is 3.88. The van der Waals surface area contributed by atoms with Crippen molar-refractivity contribution in [2.24, 2.45) is 0 Å². The average Bonchev–Trinajstić information content (AvgIpc) is 2.41. The van der Waals surface area contributed by atoms with Crippen molar-refractivity contribution in [2.45, 2.75) is 25.5 Å². The number of aromatic nitrogens is 2. The van der Waals surface area contributed by atoms with Crippen LogP contribution in [0.1, 0.15) is 12.8 Å². The van der Waals surface area contributed by atoms with Gasteiger partial charge in [-0.05, 0) is 25.9 Å². The molecule has 2 rings (SSSR count). The molecule has 2 N–H and O–H groups in total. The maximum atomic E-state index is 12.2. The van der Waals surface area contributed by atoms with Crippen LogP contribution in [0.3, 0.4) is 0 Å². The number of anilines is 1. The number of methoxy groups -OCH3 is 1. The molecule has 1 saturated heterocycles. The van der Waals surface area contributed by atoms with Crippen molar-refractivity contribution in [1.82, 2.24) is 15.3 Å². The van der Waals surface area contributed by atoms with Crippen LogP contribution in [-0.4, -0.2) is 42.8 Å². The molecule has 1 aromatic heterocycles. The summed E-state index contributed by atoms with van der Waals surface area (Å²) >= 11 is 0. The molecule has 0 amide bonds. The van der Waals surface area contributed by atoms with Crippen molar-refractivity contribution in [3.8, 4) is 11.6 Å². The van der Waals surface area contributed by atoms with Gasteiger partial charge in [-0.1, -0.05) is 0 Å². The quantitative estimate of drug-likeness (QED) is 0.842. The fourth-order valence-corrected chi connectivity index (χ4v) is 1.90. The molecule has 1 aliphatic rings. The van der Waals surface area contributed by atoms with E-state index in [1.807, 2.05) is 0 Å². The summed E-state index contributed by atoms with van der Waals surface area (Å²) in [7, 11) is 1.34. The molecule has 0 unspecified atom stereocenters. The number of hydrogen-bond donors (Lipinski definition) is 2. The van der Waals surface area contributed by atoms with Gasteiger partial charge in [0.15, 0.2) is 0 Å². The number of hydrogen-bond acceptors (Lipinski definition) is 6. The standard InChI is InChI=1S/C11H16F2N4O2/c1-18-9-8(19-10(12)13)6-15-11(17-9)16-7-2-4-14-5-3-7/h6-7,10,14H,2-5H2,1H3,(H,15,16,17). The molecule has 1 fully saturated rings. The van der Waals surface area contributed by atoms with E-state index in [1.165, 1.54) is 13.3 Å². The van der Waals surface area contributed by atoms with Gasteiger partial charge in [-0.15, -0.1) is 0 Å². The minimum atomic E-state index is -2.93. The van der Waals surface area contributed by atoms with Gasteiger partial charge in [0.1, 0.15) is 0 Å². The van der Waals surface area contributed by atoms with E-state index < -0.39 is 6.61 Å². The van der Waals surface area contributed by atoms with Gasteiger partial charge in [0, 0.05) is 6.04 Å². The zero-order chi connectivity index (χ0) is 13.7. The molecule has 0 saturated carbocycles. The maximum Gasteiger partial charge on any atom is 0.387 e. The molecular weight excluding hydrogens is 258 g/mol. The first-order valence-corrected chi connectivity index (χ1v) is 6.02. The summed E-state index contributed by atoms with van der Waals surface area (Å²) in [6.45, 7) is -1.07. The third-order valence-electron chi connectivity index (χ3n) is 2.80. The number of piperidine rings is 1. The molecule has 19 heavy (non-hydrogen) atoms. The van der Waals surface area contributed by atoms with Gasteiger partial charge in [0.2, 0.25) is 11.7 Å². The number of nitrogens with zero attached hydrogens (tertiary/aromatic N) is 2. The van der Waals surface area contributed by atoms with Gasteiger partial charge >= 0.3 is 6.61 Å². The van der Waals surface area contributed by atoms with Gasteiger partial charge in [-0.25, -0.2) is 4.98 Å². The van der Waals surface area contributed by atoms with Crippen molar-refractivity contribution >= 4 is 5.95 Å². The third-order valence-corrected chi connectivity index (χ3v) is 2.80. The minimum Gasteiger partial charge on any atom is -0.478 e. The summed E-state index contributed by atoms with van der Waals surface area (Å²) in [4.78, 5) is 7.97.